The van der Waals surface area contributed by atoms with Gasteiger partial charge in [-0.05, 0) is 36.1 Å². The largest absolute Gasteiger partial charge is 0.496 e. The summed E-state index contributed by atoms with van der Waals surface area (Å²) in [4.78, 5) is 12.3. The van der Waals surface area contributed by atoms with Crippen LogP contribution in [0.2, 0.25) is 0 Å². The summed E-state index contributed by atoms with van der Waals surface area (Å²) in [5.41, 5.74) is 1.00. The summed E-state index contributed by atoms with van der Waals surface area (Å²) in [6, 6.07) is 12.2. The van der Waals surface area contributed by atoms with Gasteiger partial charge in [-0.2, -0.15) is 0 Å². The Bertz CT molecular complexity index is 777. The molecular weight excluding hydrogens is 316 g/mol. The highest BCUT2D eigenvalue weighted by molar-refractivity contribution is 5.88. The van der Waals surface area contributed by atoms with Crippen LogP contribution in [-0.2, 0) is 11.3 Å². The molecule has 2 amide bonds. The number of methoxy groups -OCH3 is 1. The number of ether oxygens (including phenoxy) is 2. The van der Waals surface area contributed by atoms with Crippen molar-refractivity contribution in [3.8, 4) is 5.75 Å². The first-order valence-electron chi connectivity index (χ1n) is 8.97. The number of hydrogen-bond acceptors (Lipinski definition) is 3. The minimum Gasteiger partial charge on any atom is -0.496 e. The molecule has 2 aromatic carbocycles. The summed E-state index contributed by atoms with van der Waals surface area (Å²) in [6.45, 7) is 1.30. The number of fused-ring (bicyclic) bond motifs is 2. The molecule has 4 rings (SSSR count). The fraction of sp³-hybridized carbons (Fsp3) is 0.450. The third kappa shape index (κ3) is 3.16. The molecule has 5 nitrogen and oxygen atoms in total. The van der Waals surface area contributed by atoms with Gasteiger partial charge in [0.25, 0.3) is 0 Å². The zero-order chi connectivity index (χ0) is 17.2. The summed E-state index contributed by atoms with van der Waals surface area (Å²) in [7, 11) is 1.66. The summed E-state index contributed by atoms with van der Waals surface area (Å²) in [5.74, 6) is 1.27. The Morgan fingerprint density at radius 3 is 3.00 bits per heavy atom. The van der Waals surface area contributed by atoms with E-state index in [1.165, 1.54) is 0 Å². The molecule has 0 unspecified atom stereocenters. The first-order valence-corrected chi connectivity index (χ1v) is 8.97. The number of amides is 2. The van der Waals surface area contributed by atoms with Crippen LogP contribution in [0.1, 0.15) is 24.8 Å². The first kappa shape index (κ1) is 16.2. The molecule has 0 aromatic heterocycles. The minimum atomic E-state index is -0.121. The Balaban J connectivity index is 1.41. The number of benzene rings is 2. The van der Waals surface area contributed by atoms with E-state index in [1.807, 2.05) is 24.3 Å². The maximum Gasteiger partial charge on any atom is 0.315 e. The molecule has 1 aliphatic carbocycles. The van der Waals surface area contributed by atoms with Crippen molar-refractivity contribution in [3.05, 3.63) is 42.0 Å². The van der Waals surface area contributed by atoms with E-state index in [-0.39, 0.29) is 12.1 Å². The van der Waals surface area contributed by atoms with Crippen LogP contribution in [0.25, 0.3) is 10.8 Å². The van der Waals surface area contributed by atoms with Crippen LogP contribution in [-0.4, -0.2) is 31.9 Å². The van der Waals surface area contributed by atoms with Gasteiger partial charge in [0.15, 0.2) is 0 Å². The molecule has 1 saturated carbocycles. The van der Waals surface area contributed by atoms with Gasteiger partial charge in [-0.3, -0.25) is 0 Å². The van der Waals surface area contributed by atoms with Crippen molar-refractivity contribution in [1.82, 2.24) is 10.6 Å². The monoisotopic (exact) mass is 340 g/mol. The SMILES string of the molecule is COc1ccc2ccccc2c1CNC(=O)N[C@@H]1C[C@@H]2OCCC[C@@H]21. The smallest absolute Gasteiger partial charge is 0.315 e. The van der Waals surface area contributed by atoms with Crippen LogP contribution in [0.3, 0.4) is 0 Å². The van der Waals surface area contributed by atoms with Gasteiger partial charge in [0.1, 0.15) is 5.75 Å². The number of urea groups is 1. The van der Waals surface area contributed by atoms with Crippen molar-refractivity contribution < 1.29 is 14.3 Å². The van der Waals surface area contributed by atoms with Gasteiger partial charge in [0.2, 0.25) is 0 Å². The maximum atomic E-state index is 12.3. The zero-order valence-corrected chi connectivity index (χ0v) is 14.5. The van der Waals surface area contributed by atoms with Gasteiger partial charge in [-0.25, -0.2) is 4.79 Å². The number of nitrogens with one attached hydrogen (secondary N) is 2. The van der Waals surface area contributed by atoms with Crippen LogP contribution in [0.5, 0.6) is 5.75 Å². The lowest BCUT2D eigenvalue weighted by molar-refractivity contribution is -0.0999. The van der Waals surface area contributed by atoms with E-state index in [1.54, 1.807) is 7.11 Å². The lowest BCUT2D eigenvalue weighted by atomic mass is 9.72. The van der Waals surface area contributed by atoms with E-state index in [2.05, 4.69) is 22.8 Å². The second-order valence-corrected chi connectivity index (χ2v) is 6.85. The Morgan fingerprint density at radius 1 is 1.28 bits per heavy atom. The summed E-state index contributed by atoms with van der Waals surface area (Å²) in [5, 5.41) is 8.33. The molecule has 25 heavy (non-hydrogen) atoms. The number of hydrogen-bond donors (Lipinski definition) is 2. The van der Waals surface area contributed by atoms with Crippen molar-refractivity contribution in [2.45, 2.75) is 38.0 Å². The molecule has 1 heterocycles. The summed E-state index contributed by atoms with van der Waals surface area (Å²) < 4.78 is 11.2. The van der Waals surface area contributed by atoms with Crippen LogP contribution in [0, 0.1) is 5.92 Å². The van der Waals surface area contributed by atoms with Crippen molar-refractivity contribution >= 4 is 16.8 Å². The van der Waals surface area contributed by atoms with Gasteiger partial charge >= 0.3 is 6.03 Å². The Kier molecular flexibility index (Phi) is 4.49. The maximum absolute atomic E-state index is 12.3. The third-order valence-electron chi connectivity index (χ3n) is 5.45. The van der Waals surface area contributed by atoms with Gasteiger partial charge in [0.05, 0.1) is 13.2 Å². The predicted molar refractivity (Wildman–Crippen MR) is 96.7 cm³/mol. The molecule has 2 N–H and O–H groups in total. The first-order chi connectivity index (χ1) is 12.3. The van der Waals surface area contributed by atoms with Crippen molar-refractivity contribution in [1.29, 1.82) is 0 Å². The quantitative estimate of drug-likeness (QED) is 0.898. The molecule has 0 radical (unpaired) electrons. The lowest BCUT2D eigenvalue weighted by Crippen LogP contribution is -2.59. The molecule has 5 heteroatoms. The second-order valence-electron chi connectivity index (χ2n) is 6.85. The Morgan fingerprint density at radius 2 is 2.16 bits per heavy atom. The second kappa shape index (κ2) is 6.92. The minimum absolute atomic E-state index is 0.121. The molecule has 3 atom stereocenters. The van der Waals surface area contributed by atoms with E-state index in [9.17, 15) is 4.79 Å². The number of carbonyl (C=O) groups excluding carboxylic acids is 1. The summed E-state index contributed by atoms with van der Waals surface area (Å²) in [6.07, 6.45) is 3.51. The molecular formula is C20H24N2O3. The number of carbonyl (C=O) groups is 1. The third-order valence-corrected chi connectivity index (χ3v) is 5.45. The Hall–Kier alpha value is -2.27. The van der Waals surface area contributed by atoms with E-state index in [0.29, 0.717) is 18.6 Å². The Labute approximate surface area is 147 Å². The van der Waals surface area contributed by atoms with E-state index in [4.69, 9.17) is 9.47 Å². The van der Waals surface area contributed by atoms with Crippen molar-refractivity contribution in [3.63, 3.8) is 0 Å². The highest BCUT2D eigenvalue weighted by Crippen LogP contribution is 2.37. The van der Waals surface area contributed by atoms with E-state index < -0.39 is 0 Å². The van der Waals surface area contributed by atoms with Gasteiger partial charge in [-0.1, -0.05) is 30.3 Å². The van der Waals surface area contributed by atoms with Crippen LogP contribution in [0.15, 0.2) is 36.4 Å². The topological polar surface area (TPSA) is 59.6 Å². The average Bonchev–Trinajstić information content (AvgIpc) is 2.64. The van der Waals surface area contributed by atoms with Crippen LogP contribution < -0.4 is 15.4 Å². The normalized spacial score (nSPS) is 24.9. The van der Waals surface area contributed by atoms with E-state index >= 15 is 0 Å². The molecule has 2 fully saturated rings. The predicted octanol–water partition coefficient (Wildman–Crippen LogP) is 3.22. The fourth-order valence-corrected chi connectivity index (χ4v) is 4.04. The van der Waals surface area contributed by atoms with E-state index in [0.717, 1.165) is 48.0 Å². The molecule has 2 aliphatic rings. The molecule has 1 aliphatic heterocycles. The average molecular weight is 340 g/mol. The highest BCUT2D eigenvalue weighted by Gasteiger charge is 2.43. The standard InChI is InChI=1S/C20H24N2O3/c1-24-18-9-8-13-5-2-3-6-14(13)16(18)12-21-20(23)22-17-11-19-15(17)7-4-10-25-19/h2-3,5-6,8-9,15,17,19H,4,7,10-12H2,1H3,(H2,21,22,23)/t15-,17-,19+/m1/s1. The van der Waals surface area contributed by atoms with Crippen LogP contribution in [0.4, 0.5) is 4.79 Å². The molecule has 1 saturated heterocycles. The fourth-order valence-electron chi connectivity index (χ4n) is 4.04. The lowest BCUT2D eigenvalue weighted by Gasteiger charge is -2.47. The van der Waals surface area contributed by atoms with Gasteiger partial charge in [0, 0.05) is 30.7 Å². The van der Waals surface area contributed by atoms with Crippen LogP contribution >= 0.6 is 0 Å². The van der Waals surface area contributed by atoms with Crippen molar-refractivity contribution in [2.75, 3.05) is 13.7 Å². The van der Waals surface area contributed by atoms with Gasteiger partial charge in [-0.15, -0.1) is 0 Å². The highest BCUT2D eigenvalue weighted by atomic mass is 16.5. The van der Waals surface area contributed by atoms with Gasteiger partial charge < -0.3 is 20.1 Å². The van der Waals surface area contributed by atoms with Crippen molar-refractivity contribution in [2.24, 2.45) is 5.92 Å². The zero-order valence-electron chi connectivity index (χ0n) is 14.5. The molecule has 132 valence electrons. The number of rotatable bonds is 4. The summed E-state index contributed by atoms with van der Waals surface area (Å²) >= 11 is 0. The molecule has 0 bridgehead atoms. The molecule has 2 aromatic rings. The molecule has 0 spiro atoms.